The van der Waals surface area contributed by atoms with Crippen molar-refractivity contribution in [3.8, 4) is 0 Å². The van der Waals surface area contributed by atoms with Crippen molar-refractivity contribution in [2.45, 2.75) is 56.8 Å². The molecule has 1 aromatic carbocycles. The Morgan fingerprint density at radius 3 is 2.46 bits per heavy atom. The number of nitrogens with one attached hydrogen (secondary N) is 2. The number of aliphatic hydroxyl groups excluding tert-OH is 2. The van der Waals surface area contributed by atoms with Crippen molar-refractivity contribution in [3.05, 3.63) is 41.7 Å². The second kappa shape index (κ2) is 11.1. The van der Waals surface area contributed by atoms with E-state index in [1.165, 1.54) is 17.8 Å². The van der Waals surface area contributed by atoms with E-state index in [1.54, 1.807) is 0 Å². The normalized spacial score (nSPS) is 22.2. The largest absolute Gasteiger partial charge is 0.387 e. The fourth-order valence-corrected chi connectivity index (χ4v) is 4.11. The van der Waals surface area contributed by atoms with Crippen molar-refractivity contribution in [3.63, 3.8) is 0 Å². The number of fused-ring (bicyclic) bond motifs is 1. The number of hydrogen-bond acceptors (Lipinski definition) is 12. The number of hydrogen-bond donors (Lipinski definition) is 7. The van der Waals surface area contributed by atoms with E-state index >= 15 is 0 Å². The van der Waals surface area contributed by atoms with Gasteiger partial charge in [-0.3, -0.25) is 19.6 Å². The SMILES string of the molecule is CC(N)C(=O)[C@H]1O[C@@H](n2cnc3c(N)nc(NCCc4ccc(CCC(=O)NN)cc4)nc32)C(O)C1O. The van der Waals surface area contributed by atoms with E-state index in [0.717, 1.165) is 11.1 Å². The van der Waals surface area contributed by atoms with Crippen molar-refractivity contribution in [2.24, 2.45) is 11.6 Å². The maximum Gasteiger partial charge on any atom is 0.234 e. The number of amides is 1. The van der Waals surface area contributed by atoms with Crippen LogP contribution in [0.25, 0.3) is 11.2 Å². The molecule has 1 fully saturated rings. The Balaban J connectivity index is 1.43. The number of aryl methyl sites for hydroxylation is 1. The van der Waals surface area contributed by atoms with Gasteiger partial charge in [0, 0.05) is 13.0 Å². The molecule has 0 aliphatic carbocycles. The van der Waals surface area contributed by atoms with Gasteiger partial charge in [0.2, 0.25) is 11.9 Å². The smallest absolute Gasteiger partial charge is 0.234 e. The fourth-order valence-electron chi connectivity index (χ4n) is 4.11. The molecule has 1 aliphatic heterocycles. The molecule has 0 bridgehead atoms. The number of nitrogens with zero attached hydrogens (tertiary/aromatic N) is 4. The average Bonchev–Trinajstić information content (AvgIpc) is 3.43. The fraction of sp³-hybridized carbons (Fsp3) is 0.435. The van der Waals surface area contributed by atoms with Gasteiger partial charge in [0.25, 0.3) is 0 Å². The summed E-state index contributed by atoms with van der Waals surface area (Å²) in [7, 11) is 0. The number of ketones is 1. The zero-order chi connectivity index (χ0) is 26.7. The molecule has 14 heteroatoms. The first-order valence-electron chi connectivity index (χ1n) is 11.8. The molecule has 0 radical (unpaired) electrons. The van der Waals surface area contributed by atoms with Crippen LogP contribution in [0.1, 0.15) is 30.7 Å². The lowest BCUT2D eigenvalue weighted by molar-refractivity contribution is -0.136. The van der Waals surface area contributed by atoms with E-state index in [4.69, 9.17) is 22.0 Å². The van der Waals surface area contributed by atoms with Gasteiger partial charge in [0.05, 0.1) is 12.4 Å². The van der Waals surface area contributed by atoms with Crippen molar-refractivity contribution in [1.82, 2.24) is 24.9 Å². The summed E-state index contributed by atoms with van der Waals surface area (Å²) in [4.78, 5) is 36.5. The van der Waals surface area contributed by atoms with E-state index in [9.17, 15) is 19.8 Å². The third-order valence-corrected chi connectivity index (χ3v) is 6.21. The summed E-state index contributed by atoms with van der Waals surface area (Å²) in [6.45, 7) is 1.98. The molecule has 0 spiro atoms. The minimum absolute atomic E-state index is 0.119. The molecular formula is C23H31N9O5. The highest BCUT2D eigenvalue weighted by atomic mass is 16.6. The number of carbonyl (C=O) groups is 2. The third-order valence-electron chi connectivity index (χ3n) is 6.21. The minimum atomic E-state index is -1.46. The van der Waals surface area contributed by atoms with Gasteiger partial charge >= 0.3 is 0 Å². The number of carbonyl (C=O) groups excluding carboxylic acids is 2. The van der Waals surface area contributed by atoms with Gasteiger partial charge in [-0.1, -0.05) is 24.3 Å². The van der Waals surface area contributed by atoms with Crippen LogP contribution in [0.5, 0.6) is 0 Å². The molecular weight excluding hydrogens is 482 g/mol. The Kier molecular flexibility index (Phi) is 7.94. The molecule has 5 atom stereocenters. The predicted octanol–water partition coefficient (Wildman–Crippen LogP) is -1.48. The molecule has 2 aromatic heterocycles. The minimum Gasteiger partial charge on any atom is -0.387 e. The maximum atomic E-state index is 12.3. The number of benzene rings is 1. The maximum absolute atomic E-state index is 12.3. The molecule has 37 heavy (non-hydrogen) atoms. The van der Waals surface area contributed by atoms with E-state index in [1.807, 2.05) is 24.3 Å². The number of hydrazine groups is 1. The van der Waals surface area contributed by atoms with Crippen LogP contribution in [0.15, 0.2) is 30.6 Å². The summed E-state index contributed by atoms with van der Waals surface area (Å²) in [5.74, 6) is 4.73. The molecule has 1 amide bonds. The Bertz CT molecular complexity index is 1260. The Morgan fingerprint density at radius 1 is 1.14 bits per heavy atom. The van der Waals surface area contributed by atoms with Gasteiger partial charge in [-0.05, 0) is 30.9 Å². The Morgan fingerprint density at radius 2 is 1.81 bits per heavy atom. The van der Waals surface area contributed by atoms with Crippen LogP contribution >= 0.6 is 0 Å². The molecule has 4 rings (SSSR count). The molecule has 3 unspecified atom stereocenters. The third kappa shape index (κ3) is 5.68. The summed E-state index contributed by atoms with van der Waals surface area (Å²) in [6.07, 6.45) is -2.33. The monoisotopic (exact) mass is 513 g/mol. The number of aliphatic hydroxyl groups is 2. The first kappa shape index (κ1) is 26.4. The number of anilines is 2. The van der Waals surface area contributed by atoms with Crippen LogP contribution in [0.4, 0.5) is 11.8 Å². The Labute approximate surface area is 212 Å². The molecule has 198 valence electrons. The van der Waals surface area contributed by atoms with Gasteiger partial charge in [0.15, 0.2) is 23.5 Å². The topological polar surface area (TPSA) is 230 Å². The molecule has 14 nitrogen and oxygen atoms in total. The second-order valence-electron chi connectivity index (χ2n) is 8.94. The van der Waals surface area contributed by atoms with Gasteiger partial charge in [-0.15, -0.1) is 0 Å². The molecule has 1 saturated heterocycles. The van der Waals surface area contributed by atoms with Crippen LogP contribution in [-0.4, -0.2) is 72.3 Å². The van der Waals surface area contributed by atoms with Gasteiger partial charge in [0.1, 0.15) is 23.8 Å². The summed E-state index contributed by atoms with van der Waals surface area (Å²) in [5.41, 5.74) is 16.5. The van der Waals surface area contributed by atoms with Crippen LogP contribution in [-0.2, 0) is 27.2 Å². The average molecular weight is 514 g/mol. The van der Waals surface area contributed by atoms with Crippen molar-refractivity contribution in [2.75, 3.05) is 17.6 Å². The van der Waals surface area contributed by atoms with E-state index in [2.05, 4.69) is 25.7 Å². The molecule has 1 aliphatic rings. The van der Waals surface area contributed by atoms with Crippen molar-refractivity contribution >= 4 is 34.6 Å². The molecule has 3 heterocycles. The lowest BCUT2D eigenvalue weighted by atomic mass is 10.0. The van der Waals surface area contributed by atoms with Crippen LogP contribution in [0.3, 0.4) is 0 Å². The highest BCUT2D eigenvalue weighted by Gasteiger charge is 2.48. The first-order valence-corrected chi connectivity index (χ1v) is 11.8. The van der Waals surface area contributed by atoms with E-state index < -0.39 is 36.4 Å². The second-order valence-corrected chi connectivity index (χ2v) is 8.94. The van der Waals surface area contributed by atoms with Gasteiger partial charge in [-0.25, -0.2) is 10.8 Å². The zero-order valence-electron chi connectivity index (χ0n) is 20.2. The lowest BCUT2D eigenvalue weighted by Gasteiger charge is -2.17. The van der Waals surface area contributed by atoms with Crippen molar-refractivity contribution in [1.29, 1.82) is 0 Å². The molecule has 10 N–H and O–H groups in total. The quantitative estimate of drug-likeness (QED) is 0.0935. The number of nitrogens with two attached hydrogens (primary N) is 3. The number of aromatic nitrogens is 4. The van der Waals surface area contributed by atoms with E-state index in [0.29, 0.717) is 25.8 Å². The van der Waals surface area contributed by atoms with Crippen LogP contribution in [0.2, 0.25) is 0 Å². The highest BCUT2D eigenvalue weighted by molar-refractivity contribution is 5.88. The van der Waals surface area contributed by atoms with Crippen LogP contribution in [0, 0.1) is 0 Å². The van der Waals surface area contributed by atoms with Gasteiger partial charge < -0.3 is 31.7 Å². The lowest BCUT2D eigenvalue weighted by Crippen LogP contribution is -2.43. The van der Waals surface area contributed by atoms with Crippen molar-refractivity contribution < 1.29 is 24.5 Å². The number of rotatable bonds is 10. The van der Waals surface area contributed by atoms with Crippen LogP contribution < -0.4 is 28.1 Å². The number of nitrogen functional groups attached to an aromatic ring is 1. The Hall–Kier alpha value is -3.69. The highest BCUT2D eigenvalue weighted by Crippen LogP contribution is 2.33. The number of Topliss-reactive ketones (excluding diaryl/α,β-unsaturated/α-hetero) is 1. The predicted molar refractivity (Wildman–Crippen MR) is 134 cm³/mol. The number of imidazole rings is 1. The zero-order valence-corrected chi connectivity index (χ0v) is 20.2. The molecule has 0 saturated carbocycles. The summed E-state index contributed by atoms with van der Waals surface area (Å²) in [6, 6.07) is 7.02. The first-order chi connectivity index (χ1) is 17.7. The van der Waals surface area contributed by atoms with E-state index in [-0.39, 0.29) is 28.8 Å². The molecule has 3 aromatic rings. The standard InChI is InChI=1S/C23H31N9O5/c1-11(24)16(34)19-17(35)18(36)22(37-19)32-10-28-15-20(25)29-23(30-21(15)32)27-9-8-13-4-2-12(3-5-13)6-7-14(33)31-26/h2-5,10-11,17-19,22,35-36H,6-9,24,26H2,1H3,(H,31,33)(H3,25,27,29,30)/t11?,17?,18?,19-,22-/m1/s1. The van der Waals surface area contributed by atoms with Gasteiger partial charge in [-0.2, -0.15) is 9.97 Å². The number of ether oxygens (including phenoxy) is 1. The summed E-state index contributed by atoms with van der Waals surface area (Å²) in [5, 5.41) is 24.0. The summed E-state index contributed by atoms with van der Waals surface area (Å²) < 4.78 is 7.08. The summed E-state index contributed by atoms with van der Waals surface area (Å²) >= 11 is 0.